The zero-order chi connectivity index (χ0) is 17.5. The van der Waals surface area contributed by atoms with Crippen LogP contribution in [-0.4, -0.2) is 42.7 Å². The van der Waals surface area contributed by atoms with Crippen molar-refractivity contribution in [2.24, 2.45) is 0 Å². The summed E-state index contributed by atoms with van der Waals surface area (Å²) in [4.78, 5) is 0. The highest BCUT2D eigenvalue weighted by atomic mass is 16.5. The van der Waals surface area contributed by atoms with Crippen LogP contribution in [0.25, 0.3) is 11.1 Å². The molecule has 0 heterocycles. The van der Waals surface area contributed by atoms with Crippen molar-refractivity contribution in [3.8, 4) is 28.4 Å². The summed E-state index contributed by atoms with van der Waals surface area (Å²) in [6.07, 6.45) is -1.04. The van der Waals surface area contributed by atoms with E-state index in [2.05, 4.69) is 0 Å². The standard InChI is InChI=1S/C19H24O5/c1-13(20)11-23-17-7-4-15(5-8-17)16-6-9-18(19(10-16)22-3)24-12-14(2)21/h4-10,13-14,20-21H,11-12H2,1-3H3. The highest BCUT2D eigenvalue weighted by Crippen LogP contribution is 2.33. The lowest BCUT2D eigenvalue weighted by molar-refractivity contribution is 0.120. The summed E-state index contributed by atoms with van der Waals surface area (Å²) in [7, 11) is 1.58. The summed E-state index contributed by atoms with van der Waals surface area (Å²) in [5, 5.41) is 18.6. The summed E-state index contributed by atoms with van der Waals surface area (Å²) in [6.45, 7) is 3.83. The van der Waals surface area contributed by atoms with Gasteiger partial charge in [-0.15, -0.1) is 0 Å². The van der Waals surface area contributed by atoms with Gasteiger partial charge in [0.2, 0.25) is 0 Å². The molecule has 24 heavy (non-hydrogen) atoms. The van der Waals surface area contributed by atoms with E-state index in [0.717, 1.165) is 11.1 Å². The normalized spacial score (nSPS) is 13.2. The predicted molar refractivity (Wildman–Crippen MR) is 92.8 cm³/mol. The molecule has 0 spiro atoms. The van der Waals surface area contributed by atoms with E-state index in [1.165, 1.54) is 0 Å². The van der Waals surface area contributed by atoms with Gasteiger partial charge in [0.25, 0.3) is 0 Å². The molecule has 0 saturated carbocycles. The molecule has 0 aliphatic heterocycles. The highest BCUT2D eigenvalue weighted by Gasteiger charge is 2.09. The number of methoxy groups -OCH3 is 1. The molecule has 0 fully saturated rings. The number of hydrogen-bond acceptors (Lipinski definition) is 5. The molecular formula is C19H24O5. The van der Waals surface area contributed by atoms with Gasteiger partial charge in [-0.1, -0.05) is 18.2 Å². The second-order valence-electron chi connectivity index (χ2n) is 5.71. The molecule has 2 N–H and O–H groups in total. The molecule has 2 unspecified atom stereocenters. The van der Waals surface area contributed by atoms with E-state index in [9.17, 15) is 10.2 Å². The number of hydrogen-bond donors (Lipinski definition) is 2. The lowest BCUT2D eigenvalue weighted by Gasteiger charge is -2.14. The van der Waals surface area contributed by atoms with E-state index in [4.69, 9.17) is 14.2 Å². The average Bonchev–Trinajstić information content (AvgIpc) is 2.58. The minimum atomic E-state index is -0.538. The van der Waals surface area contributed by atoms with Crippen LogP contribution in [0.1, 0.15) is 13.8 Å². The molecule has 5 nitrogen and oxygen atoms in total. The van der Waals surface area contributed by atoms with Crippen LogP contribution in [0, 0.1) is 0 Å². The molecule has 2 rings (SSSR count). The first-order chi connectivity index (χ1) is 11.5. The van der Waals surface area contributed by atoms with Crippen molar-refractivity contribution >= 4 is 0 Å². The quantitative estimate of drug-likeness (QED) is 0.778. The Kier molecular flexibility index (Phi) is 6.46. The van der Waals surface area contributed by atoms with Gasteiger partial charge in [-0.25, -0.2) is 0 Å². The van der Waals surface area contributed by atoms with Crippen LogP contribution in [0.4, 0.5) is 0 Å². The Labute approximate surface area is 142 Å². The van der Waals surface area contributed by atoms with Gasteiger partial charge in [-0.2, -0.15) is 0 Å². The molecule has 0 saturated heterocycles. The van der Waals surface area contributed by atoms with Crippen LogP contribution < -0.4 is 14.2 Å². The molecular weight excluding hydrogens is 308 g/mol. The number of aliphatic hydroxyl groups is 2. The van der Waals surface area contributed by atoms with Gasteiger partial charge in [0.1, 0.15) is 19.0 Å². The Morgan fingerprint density at radius 3 is 1.96 bits per heavy atom. The molecule has 2 atom stereocenters. The van der Waals surface area contributed by atoms with Crippen molar-refractivity contribution in [1.82, 2.24) is 0 Å². The van der Waals surface area contributed by atoms with Gasteiger partial charge in [-0.05, 0) is 49.2 Å². The Balaban J connectivity index is 2.13. The first kappa shape index (κ1) is 18.1. The van der Waals surface area contributed by atoms with Crippen molar-refractivity contribution in [2.75, 3.05) is 20.3 Å². The lowest BCUT2D eigenvalue weighted by atomic mass is 10.0. The van der Waals surface area contributed by atoms with Gasteiger partial charge in [0.15, 0.2) is 11.5 Å². The van der Waals surface area contributed by atoms with Crippen molar-refractivity contribution in [3.63, 3.8) is 0 Å². The second-order valence-corrected chi connectivity index (χ2v) is 5.71. The minimum absolute atomic E-state index is 0.213. The third-order valence-electron chi connectivity index (χ3n) is 3.32. The maximum atomic E-state index is 9.32. The molecule has 0 aliphatic carbocycles. The number of aliphatic hydroxyl groups excluding tert-OH is 2. The zero-order valence-electron chi connectivity index (χ0n) is 14.2. The fourth-order valence-electron chi connectivity index (χ4n) is 2.14. The SMILES string of the molecule is COc1cc(-c2ccc(OCC(C)O)cc2)ccc1OCC(C)O. The maximum Gasteiger partial charge on any atom is 0.161 e. The molecule has 0 aliphatic rings. The summed E-state index contributed by atoms with van der Waals surface area (Å²) >= 11 is 0. The Morgan fingerprint density at radius 1 is 0.792 bits per heavy atom. The van der Waals surface area contributed by atoms with Crippen LogP contribution in [0.15, 0.2) is 42.5 Å². The summed E-state index contributed by atoms with van der Waals surface area (Å²) in [5.41, 5.74) is 2.00. The molecule has 2 aromatic carbocycles. The number of benzene rings is 2. The zero-order valence-corrected chi connectivity index (χ0v) is 14.2. The Hall–Kier alpha value is -2.24. The topological polar surface area (TPSA) is 68.2 Å². The van der Waals surface area contributed by atoms with Crippen molar-refractivity contribution < 1.29 is 24.4 Å². The monoisotopic (exact) mass is 332 g/mol. The Morgan fingerprint density at radius 2 is 1.38 bits per heavy atom. The Bertz CT molecular complexity index is 635. The number of rotatable bonds is 8. The summed E-state index contributed by atoms with van der Waals surface area (Å²) in [5.74, 6) is 1.92. The van der Waals surface area contributed by atoms with Crippen LogP contribution >= 0.6 is 0 Å². The third-order valence-corrected chi connectivity index (χ3v) is 3.32. The first-order valence-corrected chi connectivity index (χ1v) is 7.89. The molecule has 0 amide bonds. The van der Waals surface area contributed by atoms with Gasteiger partial charge < -0.3 is 24.4 Å². The van der Waals surface area contributed by atoms with Crippen LogP contribution in [-0.2, 0) is 0 Å². The molecule has 0 bridgehead atoms. The van der Waals surface area contributed by atoms with Crippen molar-refractivity contribution in [3.05, 3.63) is 42.5 Å². The molecule has 2 aromatic rings. The van der Waals surface area contributed by atoms with Crippen LogP contribution in [0.5, 0.6) is 17.2 Å². The first-order valence-electron chi connectivity index (χ1n) is 7.89. The highest BCUT2D eigenvalue weighted by molar-refractivity contribution is 5.67. The van der Waals surface area contributed by atoms with Gasteiger partial charge in [0.05, 0.1) is 19.3 Å². The maximum absolute atomic E-state index is 9.32. The van der Waals surface area contributed by atoms with Gasteiger partial charge in [-0.3, -0.25) is 0 Å². The van der Waals surface area contributed by atoms with Crippen LogP contribution in [0.2, 0.25) is 0 Å². The number of ether oxygens (including phenoxy) is 3. The summed E-state index contributed by atoms with van der Waals surface area (Å²) < 4.78 is 16.4. The third kappa shape index (κ3) is 5.15. The molecule has 0 aromatic heterocycles. The minimum Gasteiger partial charge on any atom is -0.493 e. The van der Waals surface area contributed by atoms with E-state index in [1.807, 2.05) is 42.5 Å². The van der Waals surface area contributed by atoms with E-state index in [1.54, 1.807) is 21.0 Å². The molecule has 0 radical (unpaired) electrons. The largest absolute Gasteiger partial charge is 0.493 e. The van der Waals surface area contributed by atoms with Crippen molar-refractivity contribution in [1.29, 1.82) is 0 Å². The molecule has 130 valence electrons. The lowest BCUT2D eigenvalue weighted by Crippen LogP contribution is -2.13. The van der Waals surface area contributed by atoms with Crippen LogP contribution in [0.3, 0.4) is 0 Å². The van der Waals surface area contributed by atoms with Gasteiger partial charge in [0, 0.05) is 0 Å². The average molecular weight is 332 g/mol. The second kappa shape index (κ2) is 8.57. The summed E-state index contributed by atoms with van der Waals surface area (Å²) in [6, 6.07) is 13.3. The van der Waals surface area contributed by atoms with E-state index in [-0.39, 0.29) is 13.2 Å². The predicted octanol–water partition coefficient (Wildman–Crippen LogP) is 2.88. The van der Waals surface area contributed by atoms with Gasteiger partial charge >= 0.3 is 0 Å². The van der Waals surface area contributed by atoms with Crippen molar-refractivity contribution in [2.45, 2.75) is 26.1 Å². The molecule has 5 heteroatoms. The van der Waals surface area contributed by atoms with E-state index in [0.29, 0.717) is 17.2 Å². The smallest absolute Gasteiger partial charge is 0.161 e. The van der Waals surface area contributed by atoms with E-state index >= 15 is 0 Å². The fraction of sp³-hybridized carbons (Fsp3) is 0.368. The van der Waals surface area contributed by atoms with E-state index < -0.39 is 12.2 Å². The fourth-order valence-corrected chi connectivity index (χ4v) is 2.14.